The van der Waals surface area contributed by atoms with E-state index in [9.17, 15) is 4.79 Å². The summed E-state index contributed by atoms with van der Waals surface area (Å²) in [6.45, 7) is 0.219. The van der Waals surface area contributed by atoms with Crippen LogP contribution in [0.2, 0.25) is 0 Å². The van der Waals surface area contributed by atoms with E-state index in [-0.39, 0.29) is 13.0 Å². The summed E-state index contributed by atoms with van der Waals surface area (Å²) in [5.41, 5.74) is 1.98. The molecule has 0 aliphatic rings. The van der Waals surface area contributed by atoms with Crippen LogP contribution in [-0.4, -0.2) is 22.8 Å². The van der Waals surface area contributed by atoms with Gasteiger partial charge in [0.25, 0.3) is 0 Å². The van der Waals surface area contributed by atoms with Crippen LogP contribution in [-0.2, 0) is 17.6 Å². The molecule has 0 amide bonds. The number of carboxylic acid groups (broad SMARTS) is 1. The lowest BCUT2D eigenvalue weighted by molar-refractivity contribution is -0.136. The Hall–Kier alpha value is -1.17. The Kier molecular flexibility index (Phi) is 8.27. The maximum absolute atomic E-state index is 10.3. The molecule has 112 valence electrons. The highest BCUT2D eigenvalue weighted by Gasteiger charge is 1.99. The molecule has 2 aromatic rings. The second kappa shape index (κ2) is 9.71. The molecule has 0 saturated heterocycles. The number of benzene rings is 2. The van der Waals surface area contributed by atoms with Gasteiger partial charge in [-0.15, -0.1) is 0 Å². The lowest BCUT2D eigenvalue weighted by atomic mass is 10.2. The summed E-state index contributed by atoms with van der Waals surface area (Å²) in [6, 6.07) is 15.2. The van der Waals surface area contributed by atoms with Crippen LogP contribution in [0.25, 0.3) is 0 Å². The zero-order valence-electron chi connectivity index (χ0n) is 11.3. The van der Waals surface area contributed by atoms with Crippen molar-refractivity contribution < 1.29 is 15.0 Å². The molecule has 0 aliphatic carbocycles. The van der Waals surface area contributed by atoms with Crippen molar-refractivity contribution in [2.45, 2.75) is 12.8 Å². The maximum Gasteiger partial charge on any atom is 0.307 e. The molecule has 21 heavy (non-hydrogen) atoms. The normalized spacial score (nSPS) is 9.67. The van der Waals surface area contributed by atoms with Gasteiger partial charge in [-0.3, -0.25) is 4.79 Å². The maximum atomic E-state index is 10.3. The third kappa shape index (κ3) is 7.99. The SMILES string of the molecule is O=C(O)Cc1cccc(Br)c1.OCCc1cccc(Br)c1. The van der Waals surface area contributed by atoms with Crippen LogP contribution in [0.4, 0.5) is 0 Å². The third-order valence-corrected chi connectivity index (χ3v) is 3.52. The molecular weight excluding hydrogens is 400 g/mol. The number of hydrogen-bond donors (Lipinski definition) is 2. The monoisotopic (exact) mass is 414 g/mol. The van der Waals surface area contributed by atoms with E-state index >= 15 is 0 Å². The number of carboxylic acids is 1. The number of hydrogen-bond acceptors (Lipinski definition) is 2. The molecule has 0 bridgehead atoms. The van der Waals surface area contributed by atoms with E-state index in [1.54, 1.807) is 12.1 Å². The summed E-state index contributed by atoms with van der Waals surface area (Å²) in [5.74, 6) is -0.803. The summed E-state index contributed by atoms with van der Waals surface area (Å²) in [7, 11) is 0. The number of aliphatic hydroxyl groups is 1. The van der Waals surface area contributed by atoms with Crippen molar-refractivity contribution in [3.63, 3.8) is 0 Å². The average molecular weight is 416 g/mol. The van der Waals surface area contributed by atoms with Crippen LogP contribution >= 0.6 is 31.9 Å². The molecule has 0 spiro atoms. The molecule has 0 saturated carbocycles. The second-order valence-corrected chi connectivity index (χ2v) is 6.14. The number of rotatable bonds is 4. The Morgan fingerprint density at radius 3 is 1.95 bits per heavy atom. The van der Waals surface area contributed by atoms with Gasteiger partial charge >= 0.3 is 5.97 Å². The fourth-order valence-electron chi connectivity index (χ4n) is 1.64. The first-order valence-corrected chi connectivity index (χ1v) is 7.91. The molecule has 3 nitrogen and oxygen atoms in total. The second-order valence-electron chi connectivity index (χ2n) is 4.30. The first-order chi connectivity index (χ1) is 10.0. The minimum atomic E-state index is -0.803. The Bertz CT molecular complexity index is 585. The van der Waals surface area contributed by atoms with Crippen molar-refractivity contribution in [3.05, 3.63) is 68.6 Å². The largest absolute Gasteiger partial charge is 0.481 e. The van der Waals surface area contributed by atoms with Gasteiger partial charge in [-0.05, 0) is 41.8 Å². The van der Waals surface area contributed by atoms with Gasteiger partial charge in [-0.25, -0.2) is 0 Å². The average Bonchev–Trinajstić information content (AvgIpc) is 2.39. The van der Waals surface area contributed by atoms with Gasteiger partial charge in [0.1, 0.15) is 0 Å². The highest BCUT2D eigenvalue weighted by atomic mass is 79.9. The lowest BCUT2D eigenvalue weighted by Gasteiger charge is -1.96. The van der Waals surface area contributed by atoms with E-state index in [0.29, 0.717) is 0 Å². The molecule has 0 unspecified atom stereocenters. The van der Waals surface area contributed by atoms with Crippen molar-refractivity contribution in [3.8, 4) is 0 Å². The first-order valence-electron chi connectivity index (χ1n) is 6.33. The lowest BCUT2D eigenvalue weighted by Crippen LogP contribution is -1.99. The Labute approximate surface area is 140 Å². The van der Waals surface area contributed by atoms with Gasteiger partial charge in [-0.2, -0.15) is 0 Å². The summed E-state index contributed by atoms with van der Waals surface area (Å²) in [5, 5.41) is 17.0. The molecule has 2 N–H and O–H groups in total. The van der Waals surface area contributed by atoms with Crippen LogP contribution < -0.4 is 0 Å². The van der Waals surface area contributed by atoms with Gasteiger partial charge in [0, 0.05) is 15.6 Å². The molecule has 0 heterocycles. The van der Waals surface area contributed by atoms with Gasteiger partial charge in [-0.1, -0.05) is 56.1 Å². The van der Waals surface area contributed by atoms with E-state index in [2.05, 4.69) is 31.9 Å². The van der Waals surface area contributed by atoms with Crippen LogP contribution in [0, 0.1) is 0 Å². The fourth-order valence-corrected chi connectivity index (χ4v) is 2.54. The van der Waals surface area contributed by atoms with E-state index in [1.165, 1.54) is 0 Å². The van der Waals surface area contributed by atoms with E-state index < -0.39 is 5.97 Å². The van der Waals surface area contributed by atoms with Gasteiger partial charge in [0.2, 0.25) is 0 Å². The van der Waals surface area contributed by atoms with Crippen LogP contribution in [0.5, 0.6) is 0 Å². The number of halogens is 2. The van der Waals surface area contributed by atoms with E-state index in [4.69, 9.17) is 10.2 Å². The number of aliphatic carboxylic acids is 1. The molecule has 0 radical (unpaired) electrons. The molecule has 0 aliphatic heterocycles. The highest BCUT2D eigenvalue weighted by Crippen LogP contribution is 2.12. The third-order valence-electron chi connectivity index (χ3n) is 2.53. The van der Waals surface area contributed by atoms with Crippen LogP contribution in [0.1, 0.15) is 11.1 Å². The summed E-state index contributed by atoms with van der Waals surface area (Å²) in [6.07, 6.45) is 0.818. The zero-order valence-corrected chi connectivity index (χ0v) is 14.5. The predicted molar refractivity (Wildman–Crippen MR) is 90.4 cm³/mol. The number of carbonyl (C=O) groups is 1. The zero-order chi connectivity index (χ0) is 15.7. The minimum absolute atomic E-state index is 0.0828. The van der Waals surface area contributed by atoms with E-state index in [1.807, 2.05) is 36.4 Å². The summed E-state index contributed by atoms with van der Waals surface area (Å²) >= 11 is 6.61. The van der Waals surface area contributed by atoms with Crippen molar-refractivity contribution >= 4 is 37.8 Å². The standard InChI is InChI=1S/C8H7BrO2.C8H9BrO/c9-7-3-1-2-6(4-7)5-8(10)11;9-8-3-1-2-7(6-8)4-5-10/h1-4H,5H2,(H,10,11);1-3,6,10H,4-5H2. The van der Waals surface area contributed by atoms with Crippen LogP contribution in [0.15, 0.2) is 57.5 Å². The minimum Gasteiger partial charge on any atom is -0.481 e. The highest BCUT2D eigenvalue weighted by molar-refractivity contribution is 9.10. The smallest absolute Gasteiger partial charge is 0.307 e. The Morgan fingerprint density at radius 1 is 0.952 bits per heavy atom. The van der Waals surface area contributed by atoms with Crippen molar-refractivity contribution in [1.29, 1.82) is 0 Å². The van der Waals surface area contributed by atoms with Gasteiger partial charge in [0.15, 0.2) is 0 Å². The summed E-state index contributed by atoms with van der Waals surface area (Å²) in [4.78, 5) is 10.3. The molecule has 0 fully saturated rings. The fraction of sp³-hybridized carbons (Fsp3) is 0.188. The predicted octanol–water partition coefficient (Wildman–Crippen LogP) is 4.06. The van der Waals surface area contributed by atoms with Gasteiger partial charge in [0.05, 0.1) is 6.42 Å². The molecule has 2 aromatic carbocycles. The molecule has 0 atom stereocenters. The Balaban J connectivity index is 0.000000211. The quantitative estimate of drug-likeness (QED) is 0.791. The Morgan fingerprint density at radius 2 is 1.48 bits per heavy atom. The van der Waals surface area contributed by atoms with Crippen molar-refractivity contribution in [1.82, 2.24) is 0 Å². The molecule has 2 rings (SSSR count). The molecule has 0 aromatic heterocycles. The first kappa shape index (κ1) is 17.9. The van der Waals surface area contributed by atoms with Crippen LogP contribution in [0.3, 0.4) is 0 Å². The van der Waals surface area contributed by atoms with Gasteiger partial charge < -0.3 is 10.2 Å². The van der Waals surface area contributed by atoms with Crippen molar-refractivity contribution in [2.75, 3.05) is 6.61 Å². The van der Waals surface area contributed by atoms with Crippen molar-refractivity contribution in [2.24, 2.45) is 0 Å². The molecular formula is C16H16Br2O3. The topological polar surface area (TPSA) is 57.5 Å². The van der Waals surface area contributed by atoms with E-state index in [0.717, 1.165) is 26.5 Å². The molecule has 5 heteroatoms. The number of aliphatic hydroxyl groups excluding tert-OH is 1. The summed E-state index contributed by atoms with van der Waals surface area (Å²) < 4.78 is 1.98.